The molecule has 1 heterocycles. The van der Waals surface area contributed by atoms with Gasteiger partial charge in [-0.3, -0.25) is 4.79 Å². The number of nitrogens with zero attached hydrogens (tertiary/aromatic N) is 4. The summed E-state index contributed by atoms with van der Waals surface area (Å²) in [7, 11) is 0. The topological polar surface area (TPSA) is 97.4 Å². The standard InChI is InChI=1S/C25H26N4O4/c1-4-32-25(31)24-22(16-29(27-24)20-9-6-5-7-10-20)33-17-23(30)28(12-8-11-26)21-14-18(2)13-19(3)15-21/h5-7,9-10,13-16H,4,8,12,17H2,1-3H3. The summed E-state index contributed by atoms with van der Waals surface area (Å²) in [5, 5.41) is 13.3. The number of nitriles is 1. The fourth-order valence-electron chi connectivity index (χ4n) is 3.40. The first-order chi connectivity index (χ1) is 15.9. The molecule has 0 unspecified atom stereocenters. The molecule has 33 heavy (non-hydrogen) atoms. The molecule has 3 rings (SSSR count). The minimum Gasteiger partial charge on any atom is -0.479 e. The van der Waals surface area contributed by atoms with Crippen molar-refractivity contribution in [3.8, 4) is 17.5 Å². The summed E-state index contributed by atoms with van der Waals surface area (Å²) in [6, 6.07) is 17.1. The number of aryl methyl sites for hydroxylation is 2. The van der Waals surface area contributed by atoms with Crippen LogP contribution in [0.3, 0.4) is 0 Å². The van der Waals surface area contributed by atoms with Gasteiger partial charge in [-0.2, -0.15) is 10.4 Å². The zero-order valence-electron chi connectivity index (χ0n) is 18.9. The van der Waals surface area contributed by atoms with Gasteiger partial charge in [-0.05, 0) is 56.2 Å². The van der Waals surface area contributed by atoms with Crippen LogP contribution in [-0.2, 0) is 9.53 Å². The van der Waals surface area contributed by atoms with Crippen molar-refractivity contribution in [1.82, 2.24) is 9.78 Å². The number of rotatable bonds is 9. The van der Waals surface area contributed by atoms with E-state index in [9.17, 15) is 9.59 Å². The fraction of sp³-hybridized carbons (Fsp3) is 0.280. The zero-order valence-corrected chi connectivity index (χ0v) is 18.9. The second kappa shape index (κ2) is 11.0. The molecule has 0 radical (unpaired) electrons. The molecule has 0 spiro atoms. The quantitative estimate of drug-likeness (QED) is 0.461. The third-order valence-corrected chi connectivity index (χ3v) is 4.79. The van der Waals surface area contributed by atoms with Crippen LogP contribution < -0.4 is 9.64 Å². The van der Waals surface area contributed by atoms with E-state index in [-0.39, 0.29) is 43.5 Å². The van der Waals surface area contributed by atoms with Crippen molar-refractivity contribution < 1.29 is 19.1 Å². The van der Waals surface area contributed by atoms with Gasteiger partial charge in [0, 0.05) is 12.2 Å². The van der Waals surface area contributed by atoms with E-state index in [0.29, 0.717) is 5.69 Å². The number of benzene rings is 2. The van der Waals surface area contributed by atoms with E-state index in [1.807, 2.05) is 62.4 Å². The summed E-state index contributed by atoms with van der Waals surface area (Å²) in [6.45, 7) is 5.69. The summed E-state index contributed by atoms with van der Waals surface area (Å²) in [5.74, 6) is -0.825. The third-order valence-electron chi connectivity index (χ3n) is 4.79. The molecule has 1 aromatic heterocycles. The predicted molar refractivity (Wildman–Crippen MR) is 124 cm³/mol. The Hall–Kier alpha value is -4.12. The Morgan fingerprint density at radius 1 is 1.12 bits per heavy atom. The number of anilines is 1. The van der Waals surface area contributed by atoms with E-state index in [0.717, 1.165) is 16.8 Å². The van der Waals surface area contributed by atoms with Crippen LogP contribution in [0, 0.1) is 25.2 Å². The van der Waals surface area contributed by atoms with E-state index in [1.54, 1.807) is 13.1 Å². The highest BCUT2D eigenvalue weighted by atomic mass is 16.5. The highest BCUT2D eigenvalue weighted by Gasteiger charge is 2.23. The van der Waals surface area contributed by atoms with Crippen molar-refractivity contribution in [3.63, 3.8) is 0 Å². The Morgan fingerprint density at radius 3 is 2.45 bits per heavy atom. The molecule has 0 bridgehead atoms. The van der Waals surface area contributed by atoms with Gasteiger partial charge in [-0.15, -0.1) is 0 Å². The van der Waals surface area contributed by atoms with E-state index < -0.39 is 5.97 Å². The van der Waals surface area contributed by atoms with Crippen LogP contribution in [0.5, 0.6) is 5.75 Å². The first-order valence-corrected chi connectivity index (χ1v) is 10.6. The minimum absolute atomic E-state index is 0.0107. The molecule has 0 aliphatic rings. The smallest absolute Gasteiger partial charge is 0.362 e. The number of aromatic nitrogens is 2. The number of amides is 1. The number of carbonyl (C=O) groups excluding carboxylic acids is 2. The van der Waals surface area contributed by atoms with E-state index in [2.05, 4.69) is 11.2 Å². The first-order valence-electron chi connectivity index (χ1n) is 10.6. The number of para-hydroxylation sites is 1. The van der Waals surface area contributed by atoms with Crippen LogP contribution >= 0.6 is 0 Å². The molecule has 0 fully saturated rings. The lowest BCUT2D eigenvalue weighted by atomic mass is 10.1. The van der Waals surface area contributed by atoms with Crippen molar-refractivity contribution in [3.05, 3.63) is 71.5 Å². The summed E-state index contributed by atoms with van der Waals surface area (Å²) < 4.78 is 12.4. The maximum Gasteiger partial charge on any atom is 0.362 e. The van der Waals surface area contributed by atoms with Crippen LogP contribution in [-0.4, -0.2) is 41.4 Å². The zero-order chi connectivity index (χ0) is 23.8. The number of carbonyl (C=O) groups is 2. The van der Waals surface area contributed by atoms with Gasteiger partial charge in [0.15, 0.2) is 12.4 Å². The molecule has 8 heteroatoms. The molecule has 0 atom stereocenters. The highest BCUT2D eigenvalue weighted by Crippen LogP contribution is 2.23. The molecule has 2 aromatic carbocycles. The van der Waals surface area contributed by atoms with Crippen LogP contribution in [0.15, 0.2) is 54.7 Å². The molecule has 3 aromatic rings. The summed E-state index contributed by atoms with van der Waals surface area (Å²) in [6.07, 6.45) is 1.73. The van der Waals surface area contributed by atoms with Crippen LogP contribution in [0.25, 0.3) is 5.69 Å². The maximum atomic E-state index is 13.1. The molecule has 1 amide bonds. The minimum atomic E-state index is -0.634. The average molecular weight is 447 g/mol. The molecule has 0 saturated carbocycles. The van der Waals surface area contributed by atoms with Crippen LogP contribution in [0.4, 0.5) is 5.69 Å². The lowest BCUT2D eigenvalue weighted by Gasteiger charge is -2.23. The monoisotopic (exact) mass is 446 g/mol. The second-order valence-electron chi connectivity index (χ2n) is 7.43. The lowest BCUT2D eigenvalue weighted by molar-refractivity contribution is -0.120. The van der Waals surface area contributed by atoms with Gasteiger partial charge in [0.1, 0.15) is 0 Å². The maximum absolute atomic E-state index is 13.1. The molecular formula is C25H26N4O4. The number of hydrogen-bond donors (Lipinski definition) is 0. The number of hydrogen-bond acceptors (Lipinski definition) is 6. The second-order valence-corrected chi connectivity index (χ2v) is 7.43. The largest absolute Gasteiger partial charge is 0.479 e. The van der Waals surface area contributed by atoms with E-state index >= 15 is 0 Å². The van der Waals surface area contributed by atoms with Gasteiger partial charge in [-0.25, -0.2) is 9.48 Å². The first kappa shape index (κ1) is 23.5. The lowest BCUT2D eigenvalue weighted by Crippen LogP contribution is -2.36. The molecule has 0 aliphatic carbocycles. The van der Waals surface area contributed by atoms with Gasteiger partial charge < -0.3 is 14.4 Å². The SMILES string of the molecule is CCOC(=O)c1nn(-c2ccccc2)cc1OCC(=O)N(CCC#N)c1cc(C)cc(C)c1. The van der Waals surface area contributed by atoms with Crippen molar-refractivity contribution in [2.45, 2.75) is 27.2 Å². The van der Waals surface area contributed by atoms with Crippen LogP contribution in [0.1, 0.15) is 35.0 Å². The Bertz CT molecular complexity index is 1140. The van der Waals surface area contributed by atoms with Gasteiger partial charge in [0.05, 0.1) is 31.0 Å². The van der Waals surface area contributed by atoms with Gasteiger partial charge in [0.25, 0.3) is 5.91 Å². The van der Waals surface area contributed by atoms with E-state index in [4.69, 9.17) is 14.7 Å². The van der Waals surface area contributed by atoms with Crippen LogP contribution in [0.2, 0.25) is 0 Å². The van der Waals surface area contributed by atoms with Gasteiger partial charge in [-0.1, -0.05) is 24.3 Å². The third kappa shape index (κ3) is 5.98. The molecule has 0 saturated heterocycles. The molecule has 8 nitrogen and oxygen atoms in total. The Morgan fingerprint density at radius 2 is 1.82 bits per heavy atom. The average Bonchev–Trinajstić information content (AvgIpc) is 3.22. The molecule has 170 valence electrons. The summed E-state index contributed by atoms with van der Waals surface area (Å²) in [5.41, 5.74) is 3.43. The fourth-order valence-corrected chi connectivity index (χ4v) is 3.40. The molecule has 0 aliphatic heterocycles. The van der Waals surface area contributed by atoms with E-state index in [1.165, 1.54) is 9.58 Å². The highest BCUT2D eigenvalue weighted by molar-refractivity contribution is 5.95. The number of ether oxygens (including phenoxy) is 2. The van der Waals surface area contributed by atoms with Crippen molar-refractivity contribution in [2.75, 3.05) is 24.7 Å². The Balaban J connectivity index is 1.85. The molecular weight excluding hydrogens is 420 g/mol. The van der Waals surface area contributed by atoms with Gasteiger partial charge in [0.2, 0.25) is 5.69 Å². The van der Waals surface area contributed by atoms with Crippen molar-refractivity contribution in [2.24, 2.45) is 0 Å². The van der Waals surface area contributed by atoms with Gasteiger partial charge >= 0.3 is 5.97 Å². The normalized spacial score (nSPS) is 10.4. The van der Waals surface area contributed by atoms with Crippen molar-refractivity contribution in [1.29, 1.82) is 5.26 Å². The number of esters is 1. The summed E-state index contributed by atoms with van der Waals surface area (Å²) >= 11 is 0. The van der Waals surface area contributed by atoms with Crippen molar-refractivity contribution >= 4 is 17.6 Å². The predicted octanol–water partition coefficient (Wildman–Crippen LogP) is 3.99. The Kier molecular flexibility index (Phi) is 7.82. The Labute approximate surface area is 193 Å². The molecule has 0 N–H and O–H groups in total. The summed E-state index contributed by atoms with van der Waals surface area (Å²) in [4.78, 5) is 27.0.